The molecule has 2 aliphatic rings. The average molecular weight is 974 g/mol. The largest absolute Gasteiger partial charge is 0.497 e. The predicted molar refractivity (Wildman–Crippen MR) is 248 cm³/mol. The van der Waals surface area contributed by atoms with Gasteiger partial charge >= 0.3 is 11.9 Å². The smallest absolute Gasteiger partial charge is 0.303 e. The highest BCUT2D eigenvalue weighted by atomic mass is 79.9. The molecule has 5 aromatic rings. The Morgan fingerprint density at radius 1 is 0.877 bits per heavy atom. The van der Waals surface area contributed by atoms with Crippen LogP contribution in [-0.4, -0.2) is 103 Å². The molecular formula is C48H57BrN4O11Si. The zero-order valence-corrected chi connectivity index (χ0v) is 40.6. The van der Waals surface area contributed by atoms with Gasteiger partial charge in [-0.15, -0.1) is 6.58 Å². The lowest BCUT2D eigenvalue weighted by Gasteiger charge is -2.37. The number of carbonyl (C=O) groups is 2. The van der Waals surface area contributed by atoms with Crippen molar-refractivity contribution in [2.45, 2.75) is 101 Å². The van der Waals surface area contributed by atoms with Crippen LogP contribution in [0.5, 0.6) is 5.75 Å². The van der Waals surface area contributed by atoms with E-state index in [1.165, 1.54) is 29.3 Å². The van der Waals surface area contributed by atoms with Crippen molar-refractivity contribution in [2.75, 3.05) is 33.5 Å². The number of ether oxygens (including phenoxy) is 7. The molecule has 2 saturated heterocycles. The van der Waals surface area contributed by atoms with Crippen molar-refractivity contribution in [2.24, 2.45) is 0 Å². The first kappa shape index (κ1) is 47.9. The van der Waals surface area contributed by atoms with Crippen LogP contribution in [0, 0.1) is 0 Å². The highest BCUT2D eigenvalue weighted by molar-refractivity contribution is 9.10. The summed E-state index contributed by atoms with van der Waals surface area (Å²) in [5, 5.41) is -0.121. The van der Waals surface area contributed by atoms with Crippen molar-refractivity contribution in [3.63, 3.8) is 0 Å². The number of nitrogens with zero attached hydrogens (tertiary/aromatic N) is 4. The Morgan fingerprint density at radius 2 is 1.48 bits per heavy atom. The van der Waals surface area contributed by atoms with Gasteiger partial charge in [0, 0.05) is 13.8 Å². The molecule has 0 N–H and O–H groups in total. The van der Waals surface area contributed by atoms with E-state index < -0.39 is 74.2 Å². The second kappa shape index (κ2) is 19.8. The fraction of sp³-hybridized carbons (Fsp3) is 0.438. The Labute approximate surface area is 388 Å². The second-order valence-electron chi connectivity index (χ2n) is 17.6. The summed E-state index contributed by atoms with van der Waals surface area (Å²) in [6.45, 7) is 17.3. The number of carbonyl (C=O) groups excluding carboxylic acids is 2. The monoisotopic (exact) mass is 972 g/mol. The molecule has 2 aliphatic heterocycles. The van der Waals surface area contributed by atoms with Crippen LogP contribution >= 0.6 is 15.9 Å². The molecule has 0 aliphatic carbocycles. The maximum Gasteiger partial charge on any atom is 0.303 e. The minimum Gasteiger partial charge on any atom is -0.497 e. The van der Waals surface area contributed by atoms with Gasteiger partial charge in [-0.3, -0.25) is 23.5 Å². The summed E-state index contributed by atoms with van der Waals surface area (Å²) >= 11 is 3.53. The lowest BCUT2D eigenvalue weighted by Crippen LogP contribution is -2.46. The van der Waals surface area contributed by atoms with Crippen LogP contribution in [0.1, 0.15) is 63.6 Å². The molecule has 346 valence electrons. The van der Waals surface area contributed by atoms with Crippen molar-refractivity contribution < 1.29 is 47.2 Å². The van der Waals surface area contributed by atoms with E-state index in [1.807, 2.05) is 84.9 Å². The Kier molecular flexibility index (Phi) is 14.6. The summed E-state index contributed by atoms with van der Waals surface area (Å²) in [6, 6.07) is 27.1. The Bertz CT molecular complexity index is 2470. The molecule has 3 aromatic carbocycles. The van der Waals surface area contributed by atoms with Crippen LogP contribution in [0.25, 0.3) is 11.2 Å². The molecule has 15 nitrogen and oxygen atoms in total. The maximum absolute atomic E-state index is 14.6. The zero-order chi connectivity index (χ0) is 46.7. The molecule has 4 heterocycles. The third-order valence-corrected chi connectivity index (χ3v) is 17.5. The quantitative estimate of drug-likeness (QED) is 0.0294. The number of aromatic nitrogens is 4. The van der Waals surface area contributed by atoms with E-state index in [9.17, 15) is 14.4 Å². The topological polar surface area (TPSA) is 161 Å². The van der Waals surface area contributed by atoms with E-state index in [2.05, 4.69) is 61.4 Å². The number of halogens is 1. The summed E-state index contributed by atoms with van der Waals surface area (Å²) in [5.41, 5.74) is 1.26. The summed E-state index contributed by atoms with van der Waals surface area (Å²) in [7, 11) is -0.673. The maximum atomic E-state index is 14.6. The molecular weight excluding hydrogens is 917 g/mol. The van der Waals surface area contributed by atoms with Crippen molar-refractivity contribution in [1.29, 1.82) is 0 Å². The number of fused-ring (bicyclic) bond motifs is 1. The van der Waals surface area contributed by atoms with Gasteiger partial charge in [0.15, 0.2) is 42.7 Å². The summed E-state index contributed by atoms with van der Waals surface area (Å²) in [6.07, 6.45) is -2.40. The molecule has 7 rings (SSSR count). The molecule has 0 amide bonds. The molecule has 0 spiro atoms. The average Bonchev–Trinajstić information content (AvgIpc) is 3.94. The van der Waals surface area contributed by atoms with Crippen LogP contribution < -0.4 is 10.3 Å². The van der Waals surface area contributed by atoms with Gasteiger partial charge in [0.2, 0.25) is 0 Å². The fourth-order valence-electron chi connectivity index (χ4n) is 8.19. The van der Waals surface area contributed by atoms with Gasteiger partial charge in [-0.1, -0.05) is 99.6 Å². The van der Waals surface area contributed by atoms with Crippen molar-refractivity contribution in [1.82, 2.24) is 19.1 Å². The van der Waals surface area contributed by atoms with Crippen LogP contribution in [0.3, 0.4) is 0 Å². The zero-order valence-electron chi connectivity index (χ0n) is 38.0. The number of benzene rings is 3. The minimum absolute atomic E-state index is 0.00316. The molecule has 65 heavy (non-hydrogen) atoms. The third-order valence-electron chi connectivity index (χ3n) is 12.5. The summed E-state index contributed by atoms with van der Waals surface area (Å²) < 4.78 is 53.4. The van der Waals surface area contributed by atoms with E-state index in [4.69, 9.17) is 42.6 Å². The van der Waals surface area contributed by atoms with Crippen LogP contribution in [0.2, 0.25) is 18.1 Å². The van der Waals surface area contributed by atoms with E-state index in [0.29, 0.717) is 5.75 Å². The Hall–Kier alpha value is -5.01. The fourth-order valence-corrected chi connectivity index (χ4v) is 9.75. The van der Waals surface area contributed by atoms with Gasteiger partial charge in [0.1, 0.15) is 36.0 Å². The van der Waals surface area contributed by atoms with Crippen molar-refractivity contribution in [3.8, 4) is 5.75 Å². The van der Waals surface area contributed by atoms with Gasteiger partial charge in [0.05, 0.1) is 39.6 Å². The molecule has 0 radical (unpaired) electrons. The first-order valence-electron chi connectivity index (χ1n) is 21.5. The van der Waals surface area contributed by atoms with Gasteiger partial charge in [0.25, 0.3) is 5.56 Å². The van der Waals surface area contributed by atoms with Gasteiger partial charge < -0.3 is 37.6 Å². The number of hydrogen-bond donors (Lipinski definition) is 0. The minimum atomic E-state index is -2.30. The summed E-state index contributed by atoms with van der Waals surface area (Å²) in [4.78, 5) is 49.1. The predicted octanol–water partition coefficient (Wildman–Crippen LogP) is 7.67. The molecule has 7 atom stereocenters. The molecule has 0 unspecified atom stereocenters. The number of methoxy groups -OCH3 is 1. The molecule has 17 heteroatoms. The SMILES string of the molecule is C=CCO[C@@H]1[C@H](n2cnc3c(nc(Br)n3[C@@H]3O[C@H](CO[Si](C)(C)C(C)(C)C)[C@@H](OC(C)=O)[C@H]3OC(C)=O)c2=O)CO[C@@H]1COC(c1ccccc1)(c1ccccc1)c1ccc(OC)cc1. The van der Waals surface area contributed by atoms with Crippen LogP contribution in [0.15, 0.2) is 113 Å². The van der Waals surface area contributed by atoms with E-state index in [0.717, 1.165) is 16.7 Å². The standard InChI is InChI=1S/C48H57BrN4O11Si/c1-10-25-58-40-36(26-59-37(40)27-60-48(32-17-13-11-14-18-32,33-19-15-12-16-20-33)34-21-23-35(57-7)24-22-34)52-29-50-43-39(44(52)56)51-46(49)53(43)45-42(63-31(3)55)41(62-30(2)54)38(64-45)28-61-65(8,9)47(4,5)6/h10-24,29,36-38,40-42,45H,1,25-28H2,2-9H3/t36-,37-,38-,40-,41-,42-,45-/m1/s1. The highest BCUT2D eigenvalue weighted by Crippen LogP contribution is 2.43. The molecule has 2 fully saturated rings. The van der Waals surface area contributed by atoms with Gasteiger partial charge in [-0.05, 0) is 62.9 Å². The highest BCUT2D eigenvalue weighted by Gasteiger charge is 2.52. The molecule has 2 aromatic heterocycles. The third kappa shape index (κ3) is 9.78. The van der Waals surface area contributed by atoms with Crippen molar-refractivity contribution in [3.05, 3.63) is 136 Å². The number of hydrogen-bond acceptors (Lipinski definition) is 13. The molecule has 0 bridgehead atoms. The van der Waals surface area contributed by atoms with Gasteiger partial charge in [-0.2, -0.15) is 0 Å². The number of imidazole rings is 1. The van der Waals surface area contributed by atoms with E-state index >= 15 is 0 Å². The second-order valence-corrected chi connectivity index (χ2v) is 23.2. The first-order valence-corrected chi connectivity index (χ1v) is 25.2. The lowest BCUT2D eigenvalue weighted by atomic mass is 9.80. The van der Waals surface area contributed by atoms with E-state index in [1.54, 1.807) is 13.2 Å². The summed E-state index contributed by atoms with van der Waals surface area (Å²) in [5.74, 6) is -0.508. The number of rotatable bonds is 17. The first-order chi connectivity index (χ1) is 31.0. The molecule has 0 saturated carbocycles. The number of esters is 2. The van der Waals surface area contributed by atoms with E-state index in [-0.39, 0.29) is 47.4 Å². The Balaban J connectivity index is 1.22. The van der Waals surface area contributed by atoms with Crippen LogP contribution in [-0.2, 0) is 48.0 Å². The normalized spacial score (nSPS) is 22.5. The lowest BCUT2D eigenvalue weighted by molar-refractivity contribution is -0.165. The Morgan fingerprint density at radius 3 is 2.05 bits per heavy atom. The van der Waals surface area contributed by atoms with Crippen LogP contribution in [0.4, 0.5) is 0 Å². The van der Waals surface area contributed by atoms with Crippen molar-refractivity contribution >= 4 is 47.3 Å². The van der Waals surface area contributed by atoms with Gasteiger partial charge in [-0.25, -0.2) is 9.97 Å².